The zero-order chi connectivity index (χ0) is 13.0. The van der Waals surface area contributed by atoms with Crippen LogP contribution in [0.1, 0.15) is 16.3 Å². The van der Waals surface area contributed by atoms with Gasteiger partial charge in [-0.3, -0.25) is 14.9 Å². The van der Waals surface area contributed by atoms with Crippen molar-refractivity contribution in [2.24, 2.45) is 0 Å². The van der Waals surface area contributed by atoms with Crippen molar-refractivity contribution in [2.75, 3.05) is 5.32 Å². The van der Waals surface area contributed by atoms with Crippen molar-refractivity contribution in [2.45, 2.75) is 6.42 Å². The van der Waals surface area contributed by atoms with Crippen LogP contribution in [0.4, 0.5) is 5.13 Å². The smallest absolute Gasteiger partial charge is 0.309 e. The van der Waals surface area contributed by atoms with Gasteiger partial charge in [-0.1, -0.05) is 0 Å². The maximum Gasteiger partial charge on any atom is 0.309 e. The molecule has 2 aromatic heterocycles. The lowest BCUT2D eigenvalue weighted by Crippen LogP contribution is -2.15. The third-order valence-corrected chi connectivity index (χ3v) is 2.68. The van der Waals surface area contributed by atoms with Gasteiger partial charge in [0.15, 0.2) is 5.13 Å². The van der Waals surface area contributed by atoms with Crippen molar-refractivity contribution in [3.63, 3.8) is 0 Å². The minimum Gasteiger partial charge on any atom is -0.481 e. The molecular formula is C10H8N4O3S. The number of thiazole rings is 1. The Balaban J connectivity index is 2.04. The number of aromatic nitrogens is 3. The number of rotatable bonds is 4. The van der Waals surface area contributed by atoms with Gasteiger partial charge < -0.3 is 5.11 Å². The number of hydrogen-bond donors (Lipinski definition) is 2. The number of hydrogen-bond acceptors (Lipinski definition) is 6. The Labute approximate surface area is 106 Å². The van der Waals surface area contributed by atoms with Gasteiger partial charge in [0, 0.05) is 17.8 Å². The van der Waals surface area contributed by atoms with Gasteiger partial charge in [-0.05, 0) is 6.07 Å². The molecule has 7 nitrogen and oxygen atoms in total. The number of nitrogens with zero attached hydrogens (tertiary/aromatic N) is 3. The van der Waals surface area contributed by atoms with Crippen molar-refractivity contribution in [3.8, 4) is 0 Å². The van der Waals surface area contributed by atoms with Crippen molar-refractivity contribution in [1.29, 1.82) is 0 Å². The Kier molecular flexibility index (Phi) is 3.58. The molecule has 0 aliphatic carbocycles. The van der Waals surface area contributed by atoms with E-state index in [4.69, 9.17) is 5.11 Å². The zero-order valence-corrected chi connectivity index (χ0v) is 9.85. The lowest BCUT2D eigenvalue weighted by Gasteiger charge is -1.98. The van der Waals surface area contributed by atoms with E-state index in [1.807, 2.05) is 0 Å². The molecule has 0 spiro atoms. The van der Waals surface area contributed by atoms with Crippen molar-refractivity contribution >= 4 is 28.3 Å². The fourth-order valence-electron chi connectivity index (χ4n) is 1.17. The minimum atomic E-state index is -0.968. The van der Waals surface area contributed by atoms with E-state index in [0.717, 1.165) is 11.3 Å². The van der Waals surface area contributed by atoms with Crippen molar-refractivity contribution < 1.29 is 14.7 Å². The third-order valence-electron chi connectivity index (χ3n) is 1.87. The van der Waals surface area contributed by atoms with Gasteiger partial charge in [0.2, 0.25) is 5.82 Å². The SMILES string of the molecule is O=C(O)Cc1csc(NC(=O)c2ncccn2)n1. The first-order valence-electron chi connectivity index (χ1n) is 4.89. The Morgan fingerprint density at radius 2 is 2.06 bits per heavy atom. The summed E-state index contributed by atoms with van der Waals surface area (Å²) in [5, 5.41) is 13.0. The van der Waals surface area contributed by atoms with Crippen LogP contribution in [0.25, 0.3) is 0 Å². The van der Waals surface area contributed by atoms with E-state index in [9.17, 15) is 9.59 Å². The summed E-state index contributed by atoms with van der Waals surface area (Å²) in [7, 11) is 0. The van der Waals surface area contributed by atoms with Crippen LogP contribution < -0.4 is 5.32 Å². The Morgan fingerprint density at radius 1 is 1.33 bits per heavy atom. The predicted molar refractivity (Wildman–Crippen MR) is 63.4 cm³/mol. The number of carboxylic acids is 1. The molecule has 1 amide bonds. The monoisotopic (exact) mass is 264 g/mol. The molecule has 0 aliphatic rings. The average molecular weight is 264 g/mol. The topological polar surface area (TPSA) is 105 Å². The first-order valence-corrected chi connectivity index (χ1v) is 5.77. The molecule has 0 fully saturated rings. The largest absolute Gasteiger partial charge is 0.481 e. The molecule has 0 radical (unpaired) electrons. The van der Waals surface area contributed by atoms with Gasteiger partial charge in [0.1, 0.15) is 0 Å². The summed E-state index contributed by atoms with van der Waals surface area (Å²) >= 11 is 1.15. The predicted octanol–water partition coefficient (Wildman–Crippen LogP) is 0.812. The zero-order valence-electron chi connectivity index (χ0n) is 9.03. The van der Waals surface area contributed by atoms with Crippen LogP contribution in [-0.4, -0.2) is 31.9 Å². The average Bonchev–Trinajstić information content (AvgIpc) is 2.76. The van der Waals surface area contributed by atoms with E-state index in [0.29, 0.717) is 10.8 Å². The van der Waals surface area contributed by atoms with Crippen LogP contribution in [0.15, 0.2) is 23.8 Å². The second kappa shape index (κ2) is 5.32. The molecule has 0 aromatic carbocycles. The third kappa shape index (κ3) is 3.08. The standard InChI is InChI=1S/C10H8N4O3S/c15-7(16)4-6-5-18-10(13-6)14-9(17)8-11-2-1-3-12-8/h1-3,5H,4H2,(H,15,16)(H,13,14,17). The minimum absolute atomic E-state index is 0.0347. The Bertz CT molecular complexity index is 570. The molecule has 0 bridgehead atoms. The maximum absolute atomic E-state index is 11.7. The van der Waals surface area contributed by atoms with Crippen molar-refractivity contribution in [3.05, 3.63) is 35.4 Å². The van der Waals surface area contributed by atoms with Gasteiger partial charge >= 0.3 is 5.97 Å². The Morgan fingerprint density at radius 3 is 2.72 bits per heavy atom. The van der Waals surface area contributed by atoms with Crippen LogP contribution in [0.2, 0.25) is 0 Å². The quantitative estimate of drug-likeness (QED) is 0.846. The number of nitrogens with one attached hydrogen (secondary N) is 1. The van der Waals surface area contributed by atoms with Gasteiger partial charge in [-0.2, -0.15) is 0 Å². The van der Waals surface area contributed by atoms with Crippen LogP contribution in [0.5, 0.6) is 0 Å². The van der Waals surface area contributed by atoms with Gasteiger partial charge in [-0.25, -0.2) is 15.0 Å². The number of amides is 1. The summed E-state index contributed by atoms with van der Waals surface area (Å²) in [6, 6.07) is 1.60. The van der Waals surface area contributed by atoms with Crippen LogP contribution in [-0.2, 0) is 11.2 Å². The lowest BCUT2D eigenvalue weighted by molar-refractivity contribution is -0.136. The summed E-state index contributed by atoms with van der Waals surface area (Å²) in [5.41, 5.74) is 0.400. The van der Waals surface area contributed by atoms with E-state index in [2.05, 4.69) is 20.3 Å². The molecule has 0 saturated heterocycles. The lowest BCUT2D eigenvalue weighted by atomic mass is 10.3. The summed E-state index contributed by atoms with van der Waals surface area (Å²) in [5.74, 6) is -1.41. The molecule has 18 heavy (non-hydrogen) atoms. The molecular weight excluding hydrogens is 256 g/mol. The van der Waals surface area contributed by atoms with Crippen LogP contribution >= 0.6 is 11.3 Å². The van der Waals surface area contributed by atoms with Gasteiger partial charge in [-0.15, -0.1) is 11.3 Å². The molecule has 2 rings (SSSR count). The van der Waals surface area contributed by atoms with E-state index in [1.54, 1.807) is 11.4 Å². The molecule has 0 unspecified atom stereocenters. The first-order chi connectivity index (χ1) is 8.65. The Hall–Kier alpha value is -2.35. The highest BCUT2D eigenvalue weighted by atomic mass is 32.1. The molecule has 2 aromatic rings. The van der Waals surface area contributed by atoms with Gasteiger partial charge in [0.25, 0.3) is 5.91 Å². The summed E-state index contributed by atoms with van der Waals surface area (Å²) in [6.07, 6.45) is 2.74. The number of carboxylic acid groups (broad SMARTS) is 1. The molecule has 0 aliphatic heterocycles. The van der Waals surface area contributed by atoms with Gasteiger partial charge in [0.05, 0.1) is 12.1 Å². The number of anilines is 1. The second-order valence-corrected chi connectivity index (χ2v) is 4.10. The highest BCUT2D eigenvalue weighted by molar-refractivity contribution is 7.14. The highest BCUT2D eigenvalue weighted by Gasteiger charge is 2.12. The van der Waals surface area contributed by atoms with Crippen LogP contribution in [0.3, 0.4) is 0 Å². The molecule has 8 heteroatoms. The molecule has 0 atom stereocenters. The van der Waals surface area contributed by atoms with E-state index in [1.165, 1.54) is 12.4 Å². The van der Waals surface area contributed by atoms with Crippen molar-refractivity contribution in [1.82, 2.24) is 15.0 Å². The molecule has 92 valence electrons. The van der Waals surface area contributed by atoms with E-state index in [-0.39, 0.29) is 12.2 Å². The number of carbonyl (C=O) groups excluding carboxylic acids is 1. The number of carbonyl (C=O) groups is 2. The van der Waals surface area contributed by atoms with Crippen LogP contribution in [0, 0.1) is 0 Å². The normalized spacial score (nSPS) is 10.0. The summed E-state index contributed by atoms with van der Waals surface area (Å²) in [4.78, 5) is 33.7. The molecule has 2 heterocycles. The first kappa shape index (κ1) is 12.1. The fraction of sp³-hybridized carbons (Fsp3) is 0.100. The van der Waals surface area contributed by atoms with E-state index < -0.39 is 11.9 Å². The fourth-order valence-corrected chi connectivity index (χ4v) is 1.88. The molecule has 2 N–H and O–H groups in total. The van der Waals surface area contributed by atoms with E-state index >= 15 is 0 Å². The summed E-state index contributed by atoms with van der Waals surface area (Å²) in [6.45, 7) is 0. The second-order valence-electron chi connectivity index (χ2n) is 3.24. The highest BCUT2D eigenvalue weighted by Crippen LogP contribution is 2.16. The summed E-state index contributed by atoms with van der Waals surface area (Å²) < 4.78 is 0. The number of aliphatic carboxylic acids is 1. The maximum atomic E-state index is 11.7. The molecule has 0 saturated carbocycles.